The van der Waals surface area contributed by atoms with Crippen molar-refractivity contribution >= 4 is 11.6 Å². The van der Waals surface area contributed by atoms with Crippen molar-refractivity contribution in [2.24, 2.45) is 5.73 Å². The van der Waals surface area contributed by atoms with Crippen molar-refractivity contribution in [3.63, 3.8) is 0 Å². The summed E-state index contributed by atoms with van der Waals surface area (Å²) in [6, 6.07) is 7.67. The SMILES string of the molecule is NCc1cccc(NC(=O)CCCN2CCOCC2)c1. The van der Waals surface area contributed by atoms with Gasteiger partial charge in [-0.15, -0.1) is 0 Å². The first kappa shape index (κ1) is 15.0. The van der Waals surface area contributed by atoms with Crippen molar-refractivity contribution < 1.29 is 9.53 Å². The average Bonchev–Trinajstić information content (AvgIpc) is 2.48. The molecule has 1 saturated heterocycles. The average molecular weight is 277 g/mol. The molecule has 0 radical (unpaired) electrons. The summed E-state index contributed by atoms with van der Waals surface area (Å²) in [5.74, 6) is 0.0624. The molecule has 1 aromatic rings. The van der Waals surface area contributed by atoms with Crippen LogP contribution in [0.25, 0.3) is 0 Å². The van der Waals surface area contributed by atoms with Crippen LogP contribution in [0.4, 0.5) is 5.69 Å². The smallest absolute Gasteiger partial charge is 0.224 e. The number of morpholine rings is 1. The van der Waals surface area contributed by atoms with E-state index in [2.05, 4.69) is 10.2 Å². The molecule has 1 fully saturated rings. The lowest BCUT2D eigenvalue weighted by Gasteiger charge is -2.26. The Kier molecular flexibility index (Phi) is 5.98. The van der Waals surface area contributed by atoms with E-state index in [0.717, 1.165) is 50.5 Å². The van der Waals surface area contributed by atoms with Crippen molar-refractivity contribution in [3.8, 4) is 0 Å². The number of benzene rings is 1. The molecule has 20 heavy (non-hydrogen) atoms. The van der Waals surface area contributed by atoms with Gasteiger partial charge in [0.25, 0.3) is 0 Å². The van der Waals surface area contributed by atoms with Crippen LogP contribution in [0.15, 0.2) is 24.3 Å². The van der Waals surface area contributed by atoms with Gasteiger partial charge >= 0.3 is 0 Å². The second-order valence-corrected chi connectivity index (χ2v) is 5.01. The number of nitrogens with two attached hydrogens (primary N) is 1. The molecule has 0 saturated carbocycles. The molecule has 110 valence electrons. The molecule has 0 atom stereocenters. The highest BCUT2D eigenvalue weighted by Gasteiger charge is 2.10. The normalized spacial score (nSPS) is 16.1. The zero-order chi connectivity index (χ0) is 14.2. The molecule has 3 N–H and O–H groups in total. The van der Waals surface area contributed by atoms with Gasteiger partial charge in [-0.2, -0.15) is 0 Å². The fourth-order valence-corrected chi connectivity index (χ4v) is 2.29. The minimum atomic E-state index is 0.0624. The third kappa shape index (κ3) is 4.92. The number of hydrogen-bond acceptors (Lipinski definition) is 4. The summed E-state index contributed by atoms with van der Waals surface area (Å²) >= 11 is 0. The molecule has 5 heteroatoms. The van der Waals surface area contributed by atoms with Crippen molar-refractivity contribution in [1.29, 1.82) is 0 Å². The molecule has 5 nitrogen and oxygen atoms in total. The zero-order valence-electron chi connectivity index (χ0n) is 11.8. The van der Waals surface area contributed by atoms with E-state index in [1.165, 1.54) is 0 Å². The third-order valence-corrected chi connectivity index (χ3v) is 3.43. The van der Waals surface area contributed by atoms with Crippen molar-refractivity contribution in [3.05, 3.63) is 29.8 Å². The van der Waals surface area contributed by atoms with Crippen LogP contribution < -0.4 is 11.1 Å². The first-order chi connectivity index (χ1) is 9.78. The van der Waals surface area contributed by atoms with Crippen LogP contribution in [0.3, 0.4) is 0 Å². The lowest BCUT2D eigenvalue weighted by atomic mass is 10.2. The number of carbonyl (C=O) groups excluding carboxylic acids is 1. The Morgan fingerprint density at radius 2 is 2.15 bits per heavy atom. The van der Waals surface area contributed by atoms with Gasteiger partial charge in [-0.25, -0.2) is 0 Å². The monoisotopic (exact) mass is 277 g/mol. The van der Waals surface area contributed by atoms with Gasteiger partial charge < -0.3 is 15.8 Å². The zero-order valence-corrected chi connectivity index (χ0v) is 11.8. The molecule has 0 unspecified atom stereocenters. The molecular formula is C15H23N3O2. The minimum Gasteiger partial charge on any atom is -0.379 e. The van der Waals surface area contributed by atoms with Gasteiger partial charge in [0.1, 0.15) is 0 Å². The van der Waals surface area contributed by atoms with Crippen LogP contribution in [0, 0.1) is 0 Å². The second-order valence-electron chi connectivity index (χ2n) is 5.01. The predicted octanol–water partition coefficient (Wildman–Crippen LogP) is 1.20. The Balaban J connectivity index is 1.69. The van der Waals surface area contributed by atoms with Gasteiger partial charge in [0.2, 0.25) is 5.91 Å². The van der Waals surface area contributed by atoms with Gasteiger partial charge in [0.05, 0.1) is 13.2 Å². The Morgan fingerprint density at radius 3 is 2.90 bits per heavy atom. The van der Waals surface area contributed by atoms with Crippen LogP contribution >= 0.6 is 0 Å². The predicted molar refractivity (Wildman–Crippen MR) is 79.5 cm³/mol. The topological polar surface area (TPSA) is 67.6 Å². The van der Waals surface area contributed by atoms with E-state index in [-0.39, 0.29) is 5.91 Å². The Morgan fingerprint density at radius 1 is 1.35 bits per heavy atom. The summed E-state index contributed by atoms with van der Waals surface area (Å²) in [6.07, 6.45) is 1.42. The Bertz CT molecular complexity index is 431. The van der Waals surface area contributed by atoms with Gasteiger partial charge in [0, 0.05) is 31.7 Å². The van der Waals surface area contributed by atoms with E-state index in [4.69, 9.17) is 10.5 Å². The molecule has 1 aliphatic rings. The van der Waals surface area contributed by atoms with Gasteiger partial charge in [0.15, 0.2) is 0 Å². The number of amides is 1. The highest BCUT2D eigenvalue weighted by molar-refractivity contribution is 5.90. The maximum absolute atomic E-state index is 11.9. The van der Waals surface area contributed by atoms with Crippen molar-refractivity contribution in [1.82, 2.24) is 4.90 Å². The summed E-state index contributed by atoms with van der Waals surface area (Å²) in [5, 5.41) is 2.92. The fraction of sp³-hybridized carbons (Fsp3) is 0.533. The minimum absolute atomic E-state index is 0.0624. The van der Waals surface area contributed by atoms with Crippen LogP contribution in [-0.4, -0.2) is 43.7 Å². The number of anilines is 1. The van der Waals surface area contributed by atoms with E-state index < -0.39 is 0 Å². The summed E-state index contributed by atoms with van der Waals surface area (Å²) in [5.41, 5.74) is 7.43. The quantitative estimate of drug-likeness (QED) is 0.820. The first-order valence-electron chi connectivity index (χ1n) is 7.17. The second kappa shape index (κ2) is 7.99. The highest BCUT2D eigenvalue weighted by atomic mass is 16.5. The standard InChI is InChI=1S/C15H23N3O2/c16-12-13-3-1-4-14(11-13)17-15(19)5-2-6-18-7-9-20-10-8-18/h1,3-4,11H,2,5-10,12,16H2,(H,17,19). The molecule has 1 amide bonds. The first-order valence-corrected chi connectivity index (χ1v) is 7.17. The molecule has 2 rings (SSSR count). The lowest BCUT2D eigenvalue weighted by Crippen LogP contribution is -2.37. The molecule has 1 aliphatic heterocycles. The number of nitrogens with one attached hydrogen (secondary N) is 1. The number of ether oxygens (including phenoxy) is 1. The maximum Gasteiger partial charge on any atom is 0.224 e. The summed E-state index contributed by atoms with van der Waals surface area (Å²) in [6.45, 7) is 5.00. The van der Waals surface area contributed by atoms with Crippen molar-refractivity contribution in [2.75, 3.05) is 38.2 Å². The van der Waals surface area contributed by atoms with E-state index in [9.17, 15) is 4.79 Å². The van der Waals surface area contributed by atoms with Crippen LogP contribution in [0.2, 0.25) is 0 Å². The molecular weight excluding hydrogens is 254 g/mol. The van der Waals surface area contributed by atoms with E-state index >= 15 is 0 Å². The molecule has 1 aromatic carbocycles. The maximum atomic E-state index is 11.9. The van der Waals surface area contributed by atoms with E-state index in [0.29, 0.717) is 13.0 Å². The van der Waals surface area contributed by atoms with Gasteiger partial charge in [-0.05, 0) is 30.7 Å². The van der Waals surface area contributed by atoms with E-state index in [1.54, 1.807) is 0 Å². The van der Waals surface area contributed by atoms with Gasteiger partial charge in [-0.1, -0.05) is 12.1 Å². The molecule has 0 spiro atoms. The summed E-state index contributed by atoms with van der Waals surface area (Å²) < 4.78 is 5.30. The largest absolute Gasteiger partial charge is 0.379 e. The van der Waals surface area contributed by atoms with Crippen LogP contribution in [-0.2, 0) is 16.1 Å². The lowest BCUT2D eigenvalue weighted by molar-refractivity contribution is -0.116. The van der Waals surface area contributed by atoms with Crippen LogP contribution in [0.1, 0.15) is 18.4 Å². The Hall–Kier alpha value is -1.43. The number of hydrogen-bond donors (Lipinski definition) is 2. The summed E-state index contributed by atoms with van der Waals surface area (Å²) in [7, 11) is 0. The van der Waals surface area contributed by atoms with Crippen molar-refractivity contribution in [2.45, 2.75) is 19.4 Å². The summed E-state index contributed by atoms with van der Waals surface area (Å²) in [4.78, 5) is 14.2. The highest BCUT2D eigenvalue weighted by Crippen LogP contribution is 2.11. The number of rotatable bonds is 6. The number of carbonyl (C=O) groups is 1. The van der Waals surface area contributed by atoms with E-state index in [1.807, 2.05) is 24.3 Å². The molecule has 0 bridgehead atoms. The number of nitrogens with zero attached hydrogens (tertiary/aromatic N) is 1. The third-order valence-electron chi connectivity index (χ3n) is 3.43. The van der Waals surface area contributed by atoms with Gasteiger partial charge in [-0.3, -0.25) is 9.69 Å². The molecule has 0 aliphatic carbocycles. The van der Waals surface area contributed by atoms with Crippen LogP contribution in [0.5, 0.6) is 0 Å². The molecule has 0 aromatic heterocycles. The Labute approximate surface area is 120 Å². The molecule has 1 heterocycles. The fourth-order valence-electron chi connectivity index (χ4n) is 2.29.